The maximum absolute atomic E-state index is 13.7. The zero-order valence-corrected chi connectivity index (χ0v) is 13.0. The van der Waals surface area contributed by atoms with E-state index in [0.717, 1.165) is 24.3 Å². The molecule has 0 fully saturated rings. The van der Waals surface area contributed by atoms with Crippen LogP contribution in [0.1, 0.15) is 0 Å². The van der Waals surface area contributed by atoms with Crippen molar-refractivity contribution < 1.29 is 17.2 Å². The Morgan fingerprint density at radius 2 is 1.78 bits per heavy atom. The molecule has 4 nitrogen and oxygen atoms in total. The average molecular weight is 355 g/mol. The van der Waals surface area contributed by atoms with E-state index < -0.39 is 21.7 Å². The molecule has 0 saturated carbocycles. The Bertz CT molecular complexity index is 1010. The van der Waals surface area contributed by atoms with Gasteiger partial charge in [-0.3, -0.25) is 9.71 Å². The Kier molecular flexibility index (Phi) is 3.91. The van der Waals surface area contributed by atoms with Crippen LogP contribution in [0.15, 0.2) is 53.6 Å². The van der Waals surface area contributed by atoms with Crippen molar-refractivity contribution in [2.24, 2.45) is 0 Å². The van der Waals surface area contributed by atoms with E-state index in [1.807, 2.05) is 0 Å². The minimum absolute atomic E-state index is 0.0486. The van der Waals surface area contributed by atoms with Gasteiger partial charge in [-0.15, -0.1) is 0 Å². The molecule has 0 saturated heterocycles. The molecule has 1 heterocycles. The molecule has 0 aliphatic rings. The first-order valence-electron chi connectivity index (χ1n) is 6.39. The predicted octanol–water partition coefficient (Wildman–Crippen LogP) is 3.97. The van der Waals surface area contributed by atoms with Gasteiger partial charge in [0.15, 0.2) is 0 Å². The summed E-state index contributed by atoms with van der Waals surface area (Å²) in [5, 5.41) is -0.0657. The molecule has 0 atom stereocenters. The molecule has 1 aromatic heterocycles. The predicted molar refractivity (Wildman–Crippen MR) is 83.9 cm³/mol. The highest BCUT2D eigenvalue weighted by molar-refractivity contribution is 7.93. The number of pyridine rings is 1. The standard InChI is InChI=1S/C15H9ClF2N2O2S/c16-11-8-9(3-4-12(11)17)20-23(21,22)14-6-5-13(18)15-10(14)2-1-7-19-15/h1-8,20H. The molecule has 118 valence electrons. The van der Waals surface area contributed by atoms with E-state index in [4.69, 9.17) is 11.6 Å². The maximum atomic E-state index is 13.7. The zero-order valence-electron chi connectivity index (χ0n) is 11.4. The third kappa shape index (κ3) is 2.97. The van der Waals surface area contributed by atoms with E-state index in [9.17, 15) is 17.2 Å². The van der Waals surface area contributed by atoms with Gasteiger partial charge in [0.1, 0.15) is 17.2 Å². The van der Waals surface area contributed by atoms with E-state index in [0.29, 0.717) is 0 Å². The van der Waals surface area contributed by atoms with Crippen molar-refractivity contribution >= 4 is 38.2 Å². The summed E-state index contributed by atoms with van der Waals surface area (Å²) in [7, 11) is -4.02. The molecule has 0 radical (unpaired) electrons. The number of benzene rings is 2. The Morgan fingerprint density at radius 1 is 1.04 bits per heavy atom. The quantitative estimate of drug-likeness (QED) is 0.774. The van der Waals surface area contributed by atoms with E-state index in [1.165, 1.54) is 24.4 Å². The van der Waals surface area contributed by atoms with E-state index in [-0.39, 0.29) is 26.5 Å². The first kappa shape index (κ1) is 15.6. The minimum atomic E-state index is -4.02. The number of nitrogens with zero attached hydrogens (tertiary/aromatic N) is 1. The van der Waals surface area contributed by atoms with Gasteiger partial charge in [0.2, 0.25) is 0 Å². The van der Waals surface area contributed by atoms with Crippen LogP contribution in [0.3, 0.4) is 0 Å². The van der Waals surface area contributed by atoms with Crippen molar-refractivity contribution in [2.45, 2.75) is 4.90 Å². The highest BCUT2D eigenvalue weighted by Crippen LogP contribution is 2.27. The summed E-state index contributed by atoms with van der Waals surface area (Å²) in [5.41, 5.74) is 0.0466. The van der Waals surface area contributed by atoms with Crippen LogP contribution in [0.4, 0.5) is 14.5 Å². The van der Waals surface area contributed by atoms with Crippen LogP contribution in [-0.2, 0) is 10.0 Å². The van der Waals surface area contributed by atoms with Crippen LogP contribution in [0.5, 0.6) is 0 Å². The first-order valence-corrected chi connectivity index (χ1v) is 8.26. The first-order chi connectivity index (χ1) is 10.9. The number of fused-ring (bicyclic) bond motifs is 1. The normalized spacial score (nSPS) is 11.6. The third-order valence-corrected chi connectivity index (χ3v) is 4.87. The molecule has 2 aromatic carbocycles. The van der Waals surface area contributed by atoms with Crippen LogP contribution in [-0.4, -0.2) is 13.4 Å². The molecule has 0 aliphatic heterocycles. The largest absolute Gasteiger partial charge is 0.280 e. The average Bonchev–Trinajstić information content (AvgIpc) is 2.51. The Morgan fingerprint density at radius 3 is 2.52 bits per heavy atom. The minimum Gasteiger partial charge on any atom is -0.280 e. The summed E-state index contributed by atoms with van der Waals surface area (Å²) in [6, 6.07) is 8.58. The van der Waals surface area contributed by atoms with E-state index in [2.05, 4.69) is 9.71 Å². The second-order valence-electron chi connectivity index (χ2n) is 4.68. The van der Waals surface area contributed by atoms with Crippen molar-refractivity contribution in [1.29, 1.82) is 0 Å². The van der Waals surface area contributed by atoms with Gasteiger partial charge in [-0.2, -0.15) is 0 Å². The molecular weight excluding hydrogens is 346 g/mol. The van der Waals surface area contributed by atoms with Gasteiger partial charge < -0.3 is 0 Å². The fourth-order valence-corrected chi connectivity index (χ4v) is 3.55. The second-order valence-corrected chi connectivity index (χ2v) is 6.74. The number of halogens is 3. The molecule has 8 heteroatoms. The van der Waals surface area contributed by atoms with Gasteiger partial charge in [0.25, 0.3) is 10.0 Å². The molecule has 0 spiro atoms. The van der Waals surface area contributed by atoms with Gasteiger partial charge >= 0.3 is 0 Å². The highest BCUT2D eigenvalue weighted by atomic mass is 35.5. The fourth-order valence-electron chi connectivity index (χ4n) is 2.12. The molecule has 0 bridgehead atoms. The van der Waals surface area contributed by atoms with Gasteiger partial charge in [-0.05, 0) is 42.5 Å². The van der Waals surface area contributed by atoms with Gasteiger partial charge in [-0.1, -0.05) is 11.6 Å². The van der Waals surface area contributed by atoms with Gasteiger partial charge in [-0.25, -0.2) is 17.2 Å². The van der Waals surface area contributed by atoms with Crippen LogP contribution >= 0.6 is 11.6 Å². The molecular formula is C15H9ClF2N2O2S. The van der Waals surface area contributed by atoms with Crippen LogP contribution in [0.25, 0.3) is 10.9 Å². The van der Waals surface area contributed by atoms with E-state index >= 15 is 0 Å². The number of anilines is 1. The lowest BCUT2D eigenvalue weighted by atomic mass is 10.2. The van der Waals surface area contributed by atoms with Crippen molar-refractivity contribution in [3.8, 4) is 0 Å². The lowest BCUT2D eigenvalue weighted by Crippen LogP contribution is -2.13. The van der Waals surface area contributed by atoms with Crippen LogP contribution in [0.2, 0.25) is 5.02 Å². The monoisotopic (exact) mass is 354 g/mol. The summed E-state index contributed by atoms with van der Waals surface area (Å²) >= 11 is 5.64. The molecule has 23 heavy (non-hydrogen) atoms. The summed E-state index contributed by atoms with van der Waals surface area (Å²) in [6.07, 6.45) is 1.37. The Hall–Kier alpha value is -2.25. The lowest BCUT2D eigenvalue weighted by Gasteiger charge is -2.11. The second kappa shape index (κ2) is 5.75. The number of hydrogen-bond donors (Lipinski definition) is 1. The topological polar surface area (TPSA) is 59.1 Å². The molecule has 0 aliphatic carbocycles. The van der Waals surface area contributed by atoms with Crippen molar-refractivity contribution in [3.63, 3.8) is 0 Å². The Labute approximate surface area is 135 Å². The van der Waals surface area contributed by atoms with Crippen molar-refractivity contribution in [3.05, 3.63) is 65.3 Å². The zero-order chi connectivity index (χ0) is 16.6. The highest BCUT2D eigenvalue weighted by Gasteiger charge is 2.20. The lowest BCUT2D eigenvalue weighted by molar-refractivity contribution is 0.601. The van der Waals surface area contributed by atoms with Crippen molar-refractivity contribution in [1.82, 2.24) is 4.98 Å². The maximum Gasteiger partial charge on any atom is 0.262 e. The summed E-state index contributed by atoms with van der Waals surface area (Å²) in [5.74, 6) is -1.28. The summed E-state index contributed by atoms with van der Waals surface area (Å²) in [6.45, 7) is 0. The SMILES string of the molecule is O=S(=O)(Nc1ccc(F)c(Cl)c1)c1ccc(F)c2ncccc12. The molecule has 3 aromatic rings. The van der Waals surface area contributed by atoms with Crippen molar-refractivity contribution in [2.75, 3.05) is 4.72 Å². The van der Waals surface area contributed by atoms with Gasteiger partial charge in [0, 0.05) is 11.6 Å². The summed E-state index contributed by atoms with van der Waals surface area (Å²) < 4.78 is 54.2. The number of nitrogens with one attached hydrogen (secondary N) is 1. The molecule has 0 unspecified atom stereocenters. The van der Waals surface area contributed by atoms with E-state index in [1.54, 1.807) is 0 Å². The van der Waals surface area contributed by atoms with Crippen LogP contribution < -0.4 is 4.72 Å². The Balaban J connectivity index is 2.10. The molecule has 0 amide bonds. The number of hydrogen-bond acceptors (Lipinski definition) is 3. The number of sulfonamides is 1. The number of rotatable bonds is 3. The van der Waals surface area contributed by atoms with Crippen LogP contribution in [0, 0.1) is 11.6 Å². The molecule has 1 N–H and O–H groups in total. The number of aromatic nitrogens is 1. The molecule has 3 rings (SSSR count). The van der Waals surface area contributed by atoms with Gasteiger partial charge in [0.05, 0.1) is 15.6 Å². The third-order valence-electron chi connectivity index (χ3n) is 3.14. The smallest absolute Gasteiger partial charge is 0.262 e. The fraction of sp³-hybridized carbons (Fsp3) is 0. The summed E-state index contributed by atoms with van der Waals surface area (Å²) in [4.78, 5) is 3.71.